The van der Waals surface area contributed by atoms with E-state index in [1.807, 2.05) is 12.1 Å². The monoisotopic (exact) mass is 502 g/mol. The number of nitrogens with one attached hydrogen (secondary N) is 3. The van der Waals surface area contributed by atoms with E-state index >= 15 is 0 Å². The van der Waals surface area contributed by atoms with Crippen molar-refractivity contribution in [3.8, 4) is 11.5 Å². The molecule has 1 fully saturated rings. The molecule has 3 rings (SSSR count). The van der Waals surface area contributed by atoms with Crippen LogP contribution in [0.4, 0.5) is 10.5 Å². The maximum atomic E-state index is 13.1. The molecule has 1 heterocycles. The Labute approximate surface area is 210 Å². The van der Waals surface area contributed by atoms with Crippen LogP contribution in [0.3, 0.4) is 0 Å². The number of amides is 4. The van der Waals surface area contributed by atoms with Crippen molar-refractivity contribution < 1.29 is 23.9 Å². The van der Waals surface area contributed by atoms with Crippen LogP contribution >= 0.6 is 11.6 Å². The molecule has 1 atom stereocenters. The average molecular weight is 503 g/mol. The third kappa shape index (κ3) is 7.78. The number of carbonyl (C=O) groups excluding carboxylic acids is 3. The van der Waals surface area contributed by atoms with Crippen molar-refractivity contribution in [2.75, 3.05) is 32.6 Å². The summed E-state index contributed by atoms with van der Waals surface area (Å²) in [6, 6.07) is 11.2. The van der Waals surface area contributed by atoms with Crippen molar-refractivity contribution in [1.82, 2.24) is 15.5 Å². The molecule has 2 aromatic carbocycles. The Bertz CT molecular complexity index is 1020. The number of hydrogen-bond acceptors (Lipinski definition) is 5. The van der Waals surface area contributed by atoms with Gasteiger partial charge in [-0.1, -0.05) is 11.6 Å². The van der Waals surface area contributed by atoms with Crippen LogP contribution in [0.1, 0.15) is 25.3 Å². The Hall–Kier alpha value is -3.46. The minimum atomic E-state index is -0.754. The fourth-order valence-corrected chi connectivity index (χ4v) is 4.06. The van der Waals surface area contributed by atoms with E-state index in [1.165, 1.54) is 6.92 Å². The first kappa shape index (κ1) is 26.2. The summed E-state index contributed by atoms with van der Waals surface area (Å²) >= 11 is 5.88. The average Bonchev–Trinajstić information content (AvgIpc) is 2.84. The maximum absolute atomic E-state index is 13.1. The molecule has 188 valence electrons. The van der Waals surface area contributed by atoms with Crippen LogP contribution in [0.5, 0.6) is 11.5 Å². The summed E-state index contributed by atoms with van der Waals surface area (Å²) in [6.07, 6.45) is 1.50. The zero-order valence-electron chi connectivity index (χ0n) is 20.1. The van der Waals surface area contributed by atoms with E-state index in [1.54, 1.807) is 49.5 Å². The largest absolute Gasteiger partial charge is 0.497 e. The molecule has 0 spiro atoms. The second kappa shape index (κ2) is 12.3. The third-order valence-corrected chi connectivity index (χ3v) is 6.02. The number of urea groups is 1. The topological polar surface area (TPSA) is 109 Å². The number of piperidine rings is 1. The van der Waals surface area contributed by atoms with Crippen LogP contribution in [0.15, 0.2) is 42.5 Å². The van der Waals surface area contributed by atoms with Crippen LogP contribution in [0.2, 0.25) is 5.02 Å². The van der Waals surface area contributed by atoms with Gasteiger partial charge in [0, 0.05) is 49.3 Å². The van der Waals surface area contributed by atoms with Gasteiger partial charge in [-0.3, -0.25) is 9.59 Å². The van der Waals surface area contributed by atoms with Crippen molar-refractivity contribution in [3.05, 3.63) is 53.1 Å². The van der Waals surface area contributed by atoms with Gasteiger partial charge in [0.2, 0.25) is 11.8 Å². The second-order valence-corrected chi connectivity index (χ2v) is 8.82. The number of carbonyl (C=O) groups is 3. The molecule has 4 amide bonds. The summed E-state index contributed by atoms with van der Waals surface area (Å²) in [4.78, 5) is 39.1. The van der Waals surface area contributed by atoms with Gasteiger partial charge >= 0.3 is 6.03 Å². The van der Waals surface area contributed by atoms with Crippen LogP contribution in [0.25, 0.3) is 0 Å². The van der Waals surface area contributed by atoms with Gasteiger partial charge in [-0.2, -0.15) is 0 Å². The van der Waals surface area contributed by atoms with Gasteiger partial charge in [-0.25, -0.2) is 4.79 Å². The molecule has 1 aliphatic heterocycles. The van der Waals surface area contributed by atoms with Gasteiger partial charge in [0.25, 0.3) is 0 Å². The molecule has 1 saturated heterocycles. The highest BCUT2D eigenvalue weighted by molar-refractivity contribution is 6.30. The minimum absolute atomic E-state index is 0.0989. The van der Waals surface area contributed by atoms with E-state index in [9.17, 15) is 14.4 Å². The maximum Gasteiger partial charge on any atom is 0.321 e. The molecule has 9 nitrogen and oxygen atoms in total. The van der Waals surface area contributed by atoms with E-state index in [2.05, 4.69) is 16.0 Å². The fourth-order valence-electron chi connectivity index (χ4n) is 3.94. The molecule has 0 saturated carbocycles. The highest BCUT2D eigenvalue weighted by Crippen LogP contribution is 2.23. The van der Waals surface area contributed by atoms with Crippen molar-refractivity contribution in [3.63, 3.8) is 0 Å². The lowest BCUT2D eigenvalue weighted by atomic mass is 10.0. The first-order valence-corrected chi connectivity index (χ1v) is 11.8. The molecule has 10 heteroatoms. The van der Waals surface area contributed by atoms with Gasteiger partial charge in [-0.15, -0.1) is 0 Å². The Kier molecular flexibility index (Phi) is 9.19. The Morgan fingerprint density at radius 2 is 1.63 bits per heavy atom. The molecule has 0 radical (unpaired) electrons. The van der Waals surface area contributed by atoms with Gasteiger partial charge in [-0.05, 0) is 54.8 Å². The smallest absolute Gasteiger partial charge is 0.321 e. The Morgan fingerprint density at radius 1 is 1.03 bits per heavy atom. The van der Waals surface area contributed by atoms with Crippen molar-refractivity contribution in [1.29, 1.82) is 0 Å². The van der Waals surface area contributed by atoms with Gasteiger partial charge in [0.05, 0.1) is 14.2 Å². The van der Waals surface area contributed by atoms with E-state index < -0.39 is 6.04 Å². The lowest BCUT2D eigenvalue weighted by molar-refractivity contribution is -0.128. The van der Waals surface area contributed by atoms with Crippen molar-refractivity contribution >= 4 is 35.1 Å². The number of likely N-dealkylation sites (tertiary alicyclic amines) is 1. The van der Waals surface area contributed by atoms with Gasteiger partial charge in [0.15, 0.2) is 0 Å². The summed E-state index contributed by atoms with van der Waals surface area (Å²) in [6.45, 7) is 2.38. The lowest BCUT2D eigenvalue weighted by Crippen LogP contribution is -2.53. The van der Waals surface area contributed by atoms with Crippen molar-refractivity contribution in [2.24, 2.45) is 0 Å². The van der Waals surface area contributed by atoms with Crippen molar-refractivity contribution in [2.45, 2.75) is 38.3 Å². The molecule has 1 aliphatic rings. The predicted octanol–water partition coefficient (Wildman–Crippen LogP) is 3.22. The number of benzene rings is 2. The third-order valence-electron chi connectivity index (χ3n) is 5.77. The van der Waals surface area contributed by atoms with E-state index in [-0.39, 0.29) is 30.3 Å². The summed E-state index contributed by atoms with van der Waals surface area (Å²) < 4.78 is 10.6. The number of hydrogen-bond donors (Lipinski definition) is 3. The summed E-state index contributed by atoms with van der Waals surface area (Å²) in [5.74, 6) is 0.635. The minimum Gasteiger partial charge on any atom is -0.497 e. The van der Waals surface area contributed by atoms with E-state index in [0.29, 0.717) is 48.1 Å². The van der Waals surface area contributed by atoms with Crippen LogP contribution in [-0.4, -0.2) is 62.1 Å². The fraction of sp³-hybridized carbons (Fsp3) is 0.400. The summed E-state index contributed by atoms with van der Waals surface area (Å²) in [5.41, 5.74) is 1.46. The highest BCUT2D eigenvalue weighted by Gasteiger charge is 2.27. The SMILES string of the molecule is COc1cc(CC(NC(C)=O)C(=O)NC2CCN(C(=O)Nc3ccc(Cl)cc3)CC2)cc(OC)c1. The summed E-state index contributed by atoms with van der Waals surface area (Å²) in [5, 5.41) is 9.22. The standard InChI is InChI=1S/C25H31ClN4O5/c1-16(31)27-23(14-17-12-21(34-2)15-22(13-17)35-3)24(32)28-20-8-10-30(11-9-20)25(33)29-19-6-4-18(26)5-7-19/h4-7,12-13,15,20,23H,8-11,14H2,1-3H3,(H,27,31)(H,28,32)(H,29,33). The molecular formula is C25H31ClN4O5. The number of ether oxygens (including phenoxy) is 2. The molecule has 3 N–H and O–H groups in total. The molecule has 0 bridgehead atoms. The van der Waals surface area contributed by atoms with Crippen LogP contribution < -0.4 is 25.4 Å². The Balaban J connectivity index is 1.56. The molecular weight excluding hydrogens is 472 g/mol. The molecule has 35 heavy (non-hydrogen) atoms. The zero-order valence-corrected chi connectivity index (χ0v) is 20.9. The normalized spacial score (nSPS) is 14.6. The Morgan fingerprint density at radius 3 is 2.17 bits per heavy atom. The second-order valence-electron chi connectivity index (χ2n) is 8.39. The quantitative estimate of drug-likeness (QED) is 0.513. The molecule has 0 aliphatic carbocycles. The zero-order chi connectivity index (χ0) is 25.4. The first-order chi connectivity index (χ1) is 16.8. The highest BCUT2D eigenvalue weighted by atomic mass is 35.5. The molecule has 0 aromatic heterocycles. The van der Waals surface area contributed by atoms with Crippen LogP contribution in [0, 0.1) is 0 Å². The van der Waals surface area contributed by atoms with Gasteiger partial charge < -0.3 is 30.3 Å². The summed E-state index contributed by atoms with van der Waals surface area (Å²) in [7, 11) is 3.11. The van der Waals surface area contributed by atoms with Gasteiger partial charge in [0.1, 0.15) is 17.5 Å². The molecule has 1 unspecified atom stereocenters. The number of anilines is 1. The number of rotatable bonds is 8. The van der Waals surface area contributed by atoms with Crippen LogP contribution in [-0.2, 0) is 16.0 Å². The van der Waals surface area contributed by atoms with E-state index in [4.69, 9.17) is 21.1 Å². The molecule has 2 aromatic rings. The predicted molar refractivity (Wildman–Crippen MR) is 134 cm³/mol. The lowest BCUT2D eigenvalue weighted by Gasteiger charge is -2.33. The number of methoxy groups -OCH3 is 2. The van der Waals surface area contributed by atoms with E-state index in [0.717, 1.165) is 5.56 Å². The number of nitrogens with zero attached hydrogens (tertiary/aromatic N) is 1. The number of halogens is 1. The first-order valence-electron chi connectivity index (χ1n) is 11.4.